The standard InChI is InChI=1S/C21H25N5O2/c1-21(2,3)16-6-4-5-7-17(16)28-13-19(27)23-15-10-8-14(9-11-15)20-24-18(12-22)25-26-20/h4-11H,12-13,22H2,1-3H3,(H,23,27)(H,24,25,26). The van der Waals surface area contributed by atoms with Gasteiger partial charge in [-0.25, -0.2) is 4.98 Å². The van der Waals surface area contributed by atoms with Crippen molar-refractivity contribution in [2.45, 2.75) is 32.7 Å². The Labute approximate surface area is 164 Å². The molecule has 3 aromatic rings. The number of amides is 1. The number of ether oxygens (including phenoxy) is 1. The van der Waals surface area contributed by atoms with Crippen LogP contribution in [0.1, 0.15) is 32.2 Å². The summed E-state index contributed by atoms with van der Waals surface area (Å²) in [7, 11) is 0. The zero-order valence-electron chi connectivity index (χ0n) is 16.3. The van der Waals surface area contributed by atoms with E-state index in [1.54, 1.807) is 12.1 Å². The molecule has 4 N–H and O–H groups in total. The molecule has 0 saturated heterocycles. The topological polar surface area (TPSA) is 106 Å². The summed E-state index contributed by atoms with van der Waals surface area (Å²) in [5.41, 5.74) is 8.05. The van der Waals surface area contributed by atoms with Crippen LogP contribution in [0.4, 0.5) is 5.69 Å². The van der Waals surface area contributed by atoms with Crippen molar-refractivity contribution >= 4 is 11.6 Å². The van der Waals surface area contributed by atoms with Crippen molar-refractivity contribution in [2.75, 3.05) is 11.9 Å². The van der Waals surface area contributed by atoms with Crippen LogP contribution in [0.15, 0.2) is 48.5 Å². The van der Waals surface area contributed by atoms with Crippen molar-refractivity contribution in [3.05, 3.63) is 59.9 Å². The average molecular weight is 379 g/mol. The predicted octanol–water partition coefficient (Wildman–Crippen LogP) is 3.25. The molecular formula is C21H25N5O2. The van der Waals surface area contributed by atoms with Gasteiger partial charge in [0.2, 0.25) is 0 Å². The van der Waals surface area contributed by atoms with E-state index in [9.17, 15) is 4.79 Å². The first-order valence-corrected chi connectivity index (χ1v) is 9.11. The van der Waals surface area contributed by atoms with Crippen molar-refractivity contribution in [3.63, 3.8) is 0 Å². The van der Waals surface area contributed by atoms with E-state index in [0.29, 0.717) is 23.9 Å². The fourth-order valence-electron chi connectivity index (χ4n) is 2.77. The summed E-state index contributed by atoms with van der Waals surface area (Å²) >= 11 is 0. The van der Waals surface area contributed by atoms with Gasteiger partial charge in [-0.1, -0.05) is 39.0 Å². The van der Waals surface area contributed by atoms with Crippen molar-refractivity contribution < 1.29 is 9.53 Å². The Morgan fingerprint density at radius 1 is 1.14 bits per heavy atom. The van der Waals surface area contributed by atoms with Crippen molar-refractivity contribution in [2.24, 2.45) is 5.73 Å². The number of nitrogens with one attached hydrogen (secondary N) is 2. The number of para-hydroxylation sites is 1. The monoisotopic (exact) mass is 379 g/mol. The average Bonchev–Trinajstić information content (AvgIpc) is 3.16. The highest BCUT2D eigenvalue weighted by molar-refractivity contribution is 5.92. The van der Waals surface area contributed by atoms with Gasteiger partial charge in [0, 0.05) is 11.3 Å². The molecule has 0 aliphatic rings. The van der Waals surface area contributed by atoms with E-state index >= 15 is 0 Å². The molecule has 0 aliphatic carbocycles. The van der Waals surface area contributed by atoms with Crippen molar-refractivity contribution in [1.82, 2.24) is 15.2 Å². The molecule has 0 unspecified atom stereocenters. The maximum atomic E-state index is 12.3. The zero-order valence-corrected chi connectivity index (χ0v) is 16.3. The number of carbonyl (C=O) groups is 1. The Morgan fingerprint density at radius 3 is 2.50 bits per heavy atom. The van der Waals surface area contributed by atoms with Gasteiger partial charge in [-0.2, -0.15) is 5.10 Å². The molecule has 7 heteroatoms. The van der Waals surface area contributed by atoms with E-state index in [1.807, 2.05) is 36.4 Å². The van der Waals surface area contributed by atoms with E-state index in [0.717, 1.165) is 16.9 Å². The number of nitrogens with two attached hydrogens (primary N) is 1. The molecular weight excluding hydrogens is 354 g/mol. The third-order valence-electron chi connectivity index (χ3n) is 4.21. The molecule has 28 heavy (non-hydrogen) atoms. The van der Waals surface area contributed by atoms with Crippen LogP contribution in [0.25, 0.3) is 11.4 Å². The van der Waals surface area contributed by atoms with Crippen LogP contribution in [0.3, 0.4) is 0 Å². The Balaban J connectivity index is 1.60. The number of benzene rings is 2. The highest BCUT2D eigenvalue weighted by Crippen LogP contribution is 2.30. The summed E-state index contributed by atoms with van der Waals surface area (Å²) < 4.78 is 5.76. The fraction of sp³-hybridized carbons (Fsp3) is 0.286. The van der Waals surface area contributed by atoms with Gasteiger partial charge in [0.15, 0.2) is 12.4 Å². The first kappa shape index (κ1) is 19.6. The predicted molar refractivity (Wildman–Crippen MR) is 109 cm³/mol. The van der Waals surface area contributed by atoms with Crippen LogP contribution in [-0.2, 0) is 16.8 Å². The lowest BCUT2D eigenvalue weighted by atomic mass is 9.86. The highest BCUT2D eigenvalue weighted by atomic mass is 16.5. The van der Waals surface area contributed by atoms with E-state index in [4.69, 9.17) is 10.5 Å². The molecule has 0 fully saturated rings. The molecule has 1 heterocycles. The molecule has 0 spiro atoms. The van der Waals surface area contributed by atoms with Gasteiger partial charge < -0.3 is 15.8 Å². The number of carbonyl (C=O) groups excluding carboxylic acids is 1. The van der Waals surface area contributed by atoms with Gasteiger partial charge in [0.05, 0.1) is 6.54 Å². The van der Waals surface area contributed by atoms with E-state index in [-0.39, 0.29) is 17.9 Å². The Bertz CT molecular complexity index is 942. The van der Waals surface area contributed by atoms with Crippen LogP contribution >= 0.6 is 0 Å². The van der Waals surface area contributed by atoms with Gasteiger partial charge in [0.1, 0.15) is 11.6 Å². The van der Waals surface area contributed by atoms with E-state index in [1.165, 1.54) is 0 Å². The number of hydrogen-bond donors (Lipinski definition) is 3. The Kier molecular flexibility index (Phi) is 5.75. The lowest BCUT2D eigenvalue weighted by Gasteiger charge is -2.22. The van der Waals surface area contributed by atoms with Gasteiger partial charge in [-0.05, 0) is 41.3 Å². The van der Waals surface area contributed by atoms with Crippen molar-refractivity contribution in [3.8, 4) is 17.1 Å². The minimum Gasteiger partial charge on any atom is -0.483 e. The first-order chi connectivity index (χ1) is 13.4. The summed E-state index contributed by atoms with van der Waals surface area (Å²) in [5.74, 6) is 1.70. The second-order valence-corrected chi connectivity index (χ2v) is 7.47. The normalized spacial score (nSPS) is 11.3. The minimum absolute atomic E-state index is 0.0599. The summed E-state index contributed by atoms with van der Waals surface area (Å²) in [6.07, 6.45) is 0. The van der Waals surface area contributed by atoms with Crippen molar-refractivity contribution in [1.29, 1.82) is 0 Å². The smallest absolute Gasteiger partial charge is 0.262 e. The SMILES string of the molecule is CC(C)(C)c1ccccc1OCC(=O)Nc1ccc(-c2n[nH]c(CN)n2)cc1. The molecule has 2 aromatic carbocycles. The first-order valence-electron chi connectivity index (χ1n) is 9.11. The molecule has 1 amide bonds. The number of rotatable bonds is 6. The number of H-pyrrole nitrogens is 1. The number of aromatic nitrogens is 3. The highest BCUT2D eigenvalue weighted by Gasteiger charge is 2.19. The van der Waals surface area contributed by atoms with E-state index in [2.05, 4.69) is 41.3 Å². The maximum absolute atomic E-state index is 12.3. The lowest BCUT2D eigenvalue weighted by molar-refractivity contribution is -0.118. The molecule has 7 nitrogen and oxygen atoms in total. The summed E-state index contributed by atoms with van der Waals surface area (Å²) in [5, 5.41) is 9.72. The largest absolute Gasteiger partial charge is 0.483 e. The van der Waals surface area contributed by atoms with Crippen LogP contribution in [0, 0.1) is 0 Å². The van der Waals surface area contributed by atoms with Gasteiger partial charge in [-0.3, -0.25) is 9.89 Å². The second kappa shape index (κ2) is 8.22. The molecule has 0 saturated carbocycles. The fourth-order valence-corrected chi connectivity index (χ4v) is 2.77. The molecule has 146 valence electrons. The number of hydrogen-bond acceptors (Lipinski definition) is 5. The second-order valence-electron chi connectivity index (χ2n) is 7.47. The molecule has 1 aromatic heterocycles. The van der Waals surface area contributed by atoms with Gasteiger partial charge in [-0.15, -0.1) is 0 Å². The van der Waals surface area contributed by atoms with Crippen LogP contribution in [0.5, 0.6) is 5.75 Å². The molecule has 0 aliphatic heterocycles. The Morgan fingerprint density at radius 2 is 1.86 bits per heavy atom. The third-order valence-corrected chi connectivity index (χ3v) is 4.21. The Hall–Kier alpha value is -3.19. The quantitative estimate of drug-likeness (QED) is 0.610. The van der Waals surface area contributed by atoms with E-state index < -0.39 is 0 Å². The molecule has 0 radical (unpaired) electrons. The molecule has 3 rings (SSSR count). The van der Waals surface area contributed by atoms with Gasteiger partial charge >= 0.3 is 0 Å². The summed E-state index contributed by atoms with van der Waals surface area (Å²) in [4.78, 5) is 16.5. The van der Waals surface area contributed by atoms with Gasteiger partial charge in [0.25, 0.3) is 5.91 Å². The molecule has 0 bridgehead atoms. The third kappa shape index (κ3) is 4.75. The summed E-state index contributed by atoms with van der Waals surface area (Å²) in [6, 6.07) is 15.1. The number of nitrogens with zero attached hydrogens (tertiary/aromatic N) is 2. The van der Waals surface area contributed by atoms with Crippen LogP contribution < -0.4 is 15.8 Å². The minimum atomic E-state index is -0.222. The van der Waals surface area contributed by atoms with Crippen LogP contribution in [-0.4, -0.2) is 27.7 Å². The zero-order chi connectivity index (χ0) is 20.1. The summed E-state index contributed by atoms with van der Waals surface area (Å²) in [6.45, 7) is 6.58. The number of aromatic amines is 1. The lowest BCUT2D eigenvalue weighted by Crippen LogP contribution is -2.21. The van der Waals surface area contributed by atoms with Crippen LogP contribution in [0.2, 0.25) is 0 Å². The number of anilines is 1. The molecule has 0 atom stereocenters. The maximum Gasteiger partial charge on any atom is 0.262 e.